The molecule has 0 bridgehead atoms. The maximum Gasteiger partial charge on any atom is 0.0399 e. The number of anilines is 1. The van der Waals surface area contributed by atoms with Crippen LogP contribution in [0, 0.1) is 5.92 Å². The third-order valence-corrected chi connectivity index (χ3v) is 5.22. The Bertz CT molecular complexity index is 423. The predicted molar refractivity (Wildman–Crippen MR) is 91.0 cm³/mol. The van der Waals surface area contributed by atoms with Gasteiger partial charge in [0.1, 0.15) is 0 Å². The van der Waals surface area contributed by atoms with Crippen LogP contribution in [0.1, 0.15) is 50.5 Å². The third-order valence-electron chi connectivity index (χ3n) is 5.22. The van der Waals surface area contributed by atoms with Crippen molar-refractivity contribution in [1.82, 2.24) is 5.32 Å². The van der Waals surface area contributed by atoms with Crippen LogP contribution in [0.4, 0.5) is 5.69 Å². The van der Waals surface area contributed by atoms with Crippen LogP contribution in [-0.2, 0) is 6.42 Å². The van der Waals surface area contributed by atoms with Crippen LogP contribution in [-0.4, -0.2) is 26.2 Å². The molecule has 1 aliphatic heterocycles. The molecule has 1 aromatic carbocycles. The molecule has 0 amide bonds. The van der Waals surface area contributed by atoms with Crippen molar-refractivity contribution in [3.05, 3.63) is 29.8 Å². The van der Waals surface area contributed by atoms with E-state index >= 15 is 0 Å². The molecule has 1 heterocycles. The Morgan fingerprint density at radius 3 is 2.81 bits per heavy atom. The molecule has 0 spiro atoms. The van der Waals surface area contributed by atoms with Crippen molar-refractivity contribution < 1.29 is 0 Å². The molecule has 116 valence electrons. The lowest BCUT2D eigenvalue weighted by atomic mass is 9.87. The molecule has 1 aromatic rings. The quantitative estimate of drug-likeness (QED) is 0.762. The lowest BCUT2D eigenvalue weighted by Gasteiger charge is -2.22. The standard InChI is InChI=1S/C19H30N2/c1-2-7-17(8-3-1)11-14-20-13-6-15-21-16-12-18-9-4-5-10-19(18)21/h4-5,9-10,17,20H,1-3,6-8,11-16H2. The number of nitrogens with zero attached hydrogens (tertiary/aromatic N) is 1. The van der Waals surface area contributed by atoms with Crippen molar-refractivity contribution in [3.63, 3.8) is 0 Å². The van der Waals surface area contributed by atoms with Crippen LogP contribution >= 0.6 is 0 Å². The van der Waals surface area contributed by atoms with E-state index in [1.54, 1.807) is 0 Å². The zero-order valence-corrected chi connectivity index (χ0v) is 13.3. The van der Waals surface area contributed by atoms with E-state index in [1.165, 1.54) is 88.8 Å². The zero-order valence-electron chi connectivity index (χ0n) is 13.3. The second-order valence-corrected chi connectivity index (χ2v) is 6.76. The second-order valence-electron chi connectivity index (χ2n) is 6.76. The highest BCUT2D eigenvalue weighted by Crippen LogP contribution is 2.27. The Morgan fingerprint density at radius 2 is 1.90 bits per heavy atom. The molecule has 1 saturated carbocycles. The van der Waals surface area contributed by atoms with Gasteiger partial charge in [-0.15, -0.1) is 0 Å². The van der Waals surface area contributed by atoms with Gasteiger partial charge in [0.15, 0.2) is 0 Å². The molecular weight excluding hydrogens is 256 g/mol. The highest BCUT2D eigenvalue weighted by Gasteiger charge is 2.17. The molecule has 0 unspecified atom stereocenters. The van der Waals surface area contributed by atoms with Gasteiger partial charge in [0.05, 0.1) is 0 Å². The average molecular weight is 286 g/mol. The van der Waals surface area contributed by atoms with Crippen LogP contribution in [0.2, 0.25) is 0 Å². The van der Waals surface area contributed by atoms with E-state index in [-0.39, 0.29) is 0 Å². The van der Waals surface area contributed by atoms with Crippen LogP contribution < -0.4 is 10.2 Å². The Balaban J connectivity index is 1.27. The van der Waals surface area contributed by atoms with E-state index < -0.39 is 0 Å². The van der Waals surface area contributed by atoms with E-state index in [0.717, 1.165) is 5.92 Å². The summed E-state index contributed by atoms with van der Waals surface area (Å²) in [6.45, 7) is 4.81. The lowest BCUT2D eigenvalue weighted by molar-refractivity contribution is 0.334. The van der Waals surface area contributed by atoms with Gasteiger partial charge in [0.25, 0.3) is 0 Å². The molecule has 0 atom stereocenters. The highest BCUT2D eigenvalue weighted by atomic mass is 15.1. The lowest BCUT2D eigenvalue weighted by Crippen LogP contribution is -2.27. The minimum Gasteiger partial charge on any atom is -0.371 e. The minimum atomic E-state index is 1.01. The van der Waals surface area contributed by atoms with Crippen LogP contribution in [0.15, 0.2) is 24.3 Å². The predicted octanol–water partition coefficient (Wildman–Crippen LogP) is 4.00. The van der Waals surface area contributed by atoms with Gasteiger partial charge in [-0.3, -0.25) is 0 Å². The fourth-order valence-corrected chi connectivity index (χ4v) is 3.94. The van der Waals surface area contributed by atoms with Gasteiger partial charge >= 0.3 is 0 Å². The zero-order chi connectivity index (χ0) is 14.3. The van der Waals surface area contributed by atoms with Gasteiger partial charge in [0.2, 0.25) is 0 Å². The number of para-hydroxylation sites is 1. The van der Waals surface area contributed by atoms with Gasteiger partial charge in [-0.25, -0.2) is 0 Å². The van der Waals surface area contributed by atoms with Gasteiger partial charge in [-0.1, -0.05) is 50.3 Å². The first-order valence-electron chi connectivity index (χ1n) is 8.97. The number of fused-ring (bicyclic) bond motifs is 1. The Labute approximate surface area is 129 Å². The van der Waals surface area contributed by atoms with Crippen molar-refractivity contribution in [2.75, 3.05) is 31.1 Å². The fourth-order valence-electron chi connectivity index (χ4n) is 3.94. The Kier molecular flexibility index (Phi) is 5.56. The first-order chi connectivity index (χ1) is 10.4. The highest BCUT2D eigenvalue weighted by molar-refractivity contribution is 5.57. The molecule has 2 heteroatoms. The van der Waals surface area contributed by atoms with Crippen molar-refractivity contribution in [2.45, 2.75) is 51.4 Å². The molecule has 2 nitrogen and oxygen atoms in total. The molecule has 0 radical (unpaired) electrons. The molecule has 21 heavy (non-hydrogen) atoms. The van der Waals surface area contributed by atoms with Crippen molar-refractivity contribution in [2.24, 2.45) is 5.92 Å². The van der Waals surface area contributed by atoms with Crippen molar-refractivity contribution in [1.29, 1.82) is 0 Å². The third kappa shape index (κ3) is 4.23. The summed E-state index contributed by atoms with van der Waals surface area (Å²) in [5, 5.41) is 3.65. The number of rotatable bonds is 7. The summed E-state index contributed by atoms with van der Waals surface area (Å²) in [6, 6.07) is 8.88. The van der Waals surface area contributed by atoms with Crippen LogP contribution in [0.25, 0.3) is 0 Å². The number of hydrogen-bond acceptors (Lipinski definition) is 2. The summed E-state index contributed by atoms with van der Waals surface area (Å²) in [4.78, 5) is 2.55. The molecule has 0 aromatic heterocycles. The average Bonchev–Trinajstić information content (AvgIpc) is 2.95. The first-order valence-corrected chi connectivity index (χ1v) is 8.97. The van der Waals surface area contributed by atoms with E-state index in [2.05, 4.69) is 34.5 Å². The van der Waals surface area contributed by atoms with Gasteiger partial charge in [-0.2, -0.15) is 0 Å². The number of nitrogens with one attached hydrogen (secondary N) is 1. The first kappa shape index (κ1) is 14.9. The minimum absolute atomic E-state index is 1.01. The van der Waals surface area contributed by atoms with Gasteiger partial charge in [0, 0.05) is 18.8 Å². The molecule has 1 N–H and O–H groups in total. The van der Waals surface area contributed by atoms with Gasteiger partial charge in [-0.05, 0) is 49.9 Å². The fraction of sp³-hybridized carbons (Fsp3) is 0.684. The largest absolute Gasteiger partial charge is 0.371 e. The summed E-state index contributed by atoms with van der Waals surface area (Å²) < 4.78 is 0. The number of hydrogen-bond donors (Lipinski definition) is 1. The molecule has 1 fully saturated rings. The summed E-state index contributed by atoms with van der Waals surface area (Å²) in [5.41, 5.74) is 3.00. The summed E-state index contributed by atoms with van der Waals surface area (Å²) in [5.74, 6) is 1.01. The molecular formula is C19H30N2. The maximum absolute atomic E-state index is 3.65. The number of benzene rings is 1. The van der Waals surface area contributed by atoms with E-state index in [4.69, 9.17) is 0 Å². The summed E-state index contributed by atoms with van der Waals surface area (Å²) in [7, 11) is 0. The molecule has 2 aliphatic rings. The smallest absolute Gasteiger partial charge is 0.0399 e. The monoisotopic (exact) mass is 286 g/mol. The topological polar surface area (TPSA) is 15.3 Å². The van der Waals surface area contributed by atoms with E-state index in [0.29, 0.717) is 0 Å². The summed E-state index contributed by atoms with van der Waals surface area (Å²) in [6.07, 6.45) is 11.3. The Morgan fingerprint density at radius 1 is 1.05 bits per heavy atom. The molecule has 0 saturated heterocycles. The van der Waals surface area contributed by atoms with E-state index in [9.17, 15) is 0 Å². The van der Waals surface area contributed by atoms with Crippen LogP contribution in [0.3, 0.4) is 0 Å². The maximum atomic E-state index is 3.65. The summed E-state index contributed by atoms with van der Waals surface area (Å²) >= 11 is 0. The van der Waals surface area contributed by atoms with Crippen molar-refractivity contribution >= 4 is 5.69 Å². The second kappa shape index (κ2) is 7.84. The Hall–Kier alpha value is -1.02. The SMILES string of the molecule is c1ccc2c(c1)CCN2CCCNCCC1CCCCC1. The van der Waals surface area contributed by atoms with Crippen molar-refractivity contribution in [3.8, 4) is 0 Å². The van der Waals surface area contributed by atoms with Gasteiger partial charge < -0.3 is 10.2 Å². The molecule has 1 aliphatic carbocycles. The molecule has 3 rings (SSSR count). The van der Waals surface area contributed by atoms with Crippen LogP contribution in [0.5, 0.6) is 0 Å². The van der Waals surface area contributed by atoms with E-state index in [1.807, 2.05) is 0 Å². The normalized spacial score (nSPS) is 19.0.